The Balaban J connectivity index is 1.85. The van der Waals surface area contributed by atoms with Crippen LogP contribution in [-0.4, -0.2) is 38.8 Å². The summed E-state index contributed by atoms with van der Waals surface area (Å²) in [5.41, 5.74) is 0.929. The second-order valence-corrected chi connectivity index (χ2v) is 5.49. The van der Waals surface area contributed by atoms with Crippen molar-refractivity contribution in [3.63, 3.8) is 0 Å². The van der Waals surface area contributed by atoms with Gasteiger partial charge in [0.2, 0.25) is 0 Å². The maximum Gasteiger partial charge on any atom is 0.258 e. The summed E-state index contributed by atoms with van der Waals surface area (Å²) in [6, 6.07) is 5.74. The van der Waals surface area contributed by atoms with Crippen LogP contribution in [0.15, 0.2) is 18.2 Å². The van der Waals surface area contributed by atoms with Crippen molar-refractivity contribution >= 4 is 17.5 Å². The largest absolute Gasteiger partial charge is 0.483 e. The average molecular weight is 313 g/mol. The molecule has 0 unspecified atom stereocenters. The Morgan fingerprint density at radius 1 is 1.43 bits per heavy atom. The molecule has 0 spiro atoms. The number of ether oxygens (including phenoxy) is 2. The lowest BCUT2D eigenvalue weighted by molar-refractivity contribution is -0.123. The molecule has 0 aromatic heterocycles. The van der Waals surface area contributed by atoms with Gasteiger partial charge in [0, 0.05) is 36.8 Å². The third-order valence-electron chi connectivity index (χ3n) is 3.12. The number of amides is 1. The van der Waals surface area contributed by atoms with Crippen LogP contribution in [0.3, 0.4) is 0 Å². The van der Waals surface area contributed by atoms with Gasteiger partial charge in [-0.2, -0.15) is 0 Å². The Kier molecular flexibility index (Phi) is 6.29. The first-order valence-corrected chi connectivity index (χ1v) is 7.47. The fourth-order valence-electron chi connectivity index (χ4n) is 1.86. The number of rotatable bonds is 9. The van der Waals surface area contributed by atoms with Crippen molar-refractivity contribution in [2.24, 2.45) is 0 Å². The van der Waals surface area contributed by atoms with Crippen LogP contribution in [0.1, 0.15) is 18.4 Å². The Labute approximate surface area is 130 Å². The minimum Gasteiger partial charge on any atom is -0.483 e. The molecule has 2 N–H and O–H groups in total. The molecular formula is C15H21ClN2O3. The Morgan fingerprint density at radius 3 is 2.95 bits per heavy atom. The zero-order chi connectivity index (χ0) is 15.1. The van der Waals surface area contributed by atoms with E-state index < -0.39 is 0 Å². The number of benzene rings is 1. The van der Waals surface area contributed by atoms with Crippen molar-refractivity contribution in [1.29, 1.82) is 0 Å². The first-order valence-electron chi connectivity index (χ1n) is 7.09. The summed E-state index contributed by atoms with van der Waals surface area (Å²) >= 11 is 6.01. The van der Waals surface area contributed by atoms with Crippen molar-refractivity contribution in [3.05, 3.63) is 28.8 Å². The van der Waals surface area contributed by atoms with E-state index in [1.54, 1.807) is 19.2 Å². The van der Waals surface area contributed by atoms with E-state index in [0.717, 1.165) is 24.9 Å². The summed E-state index contributed by atoms with van der Waals surface area (Å²) in [4.78, 5) is 11.6. The maximum absolute atomic E-state index is 11.6. The van der Waals surface area contributed by atoms with Gasteiger partial charge in [0.15, 0.2) is 6.61 Å². The molecule has 1 amide bonds. The van der Waals surface area contributed by atoms with E-state index in [-0.39, 0.29) is 12.5 Å². The zero-order valence-corrected chi connectivity index (χ0v) is 12.9. The quantitative estimate of drug-likeness (QED) is 0.682. The topological polar surface area (TPSA) is 59.6 Å². The van der Waals surface area contributed by atoms with E-state index in [1.165, 1.54) is 0 Å². The molecule has 116 valence electrons. The molecule has 1 fully saturated rings. The molecule has 1 aliphatic rings. The second kappa shape index (κ2) is 8.22. The highest BCUT2D eigenvalue weighted by molar-refractivity contribution is 6.30. The van der Waals surface area contributed by atoms with Crippen LogP contribution in [0.5, 0.6) is 5.75 Å². The monoisotopic (exact) mass is 312 g/mol. The number of carbonyl (C=O) groups excluding carboxylic acids is 1. The van der Waals surface area contributed by atoms with Crippen LogP contribution >= 0.6 is 11.6 Å². The molecule has 0 saturated heterocycles. The van der Waals surface area contributed by atoms with Gasteiger partial charge in [-0.1, -0.05) is 11.6 Å². The lowest BCUT2D eigenvalue weighted by atomic mass is 10.2. The fourth-order valence-corrected chi connectivity index (χ4v) is 2.06. The van der Waals surface area contributed by atoms with Crippen LogP contribution in [0.25, 0.3) is 0 Å². The number of hydrogen-bond donors (Lipinski definition) is 2. The molecule has 0 bridgehead atoms. The number of halogens is 1. The SMILES string of the molecule is COCCNCc1cc(Cl)ccc1OCC(=O)NC1CC1. The van der Waals surface area contributed by atoms with Gasteiger partial charge in [0.25, 0.3) is 5.91 Å². The van der Waals surface area contributed by atoms with E-state index in [2.05, 4.69) is 10.6 Å². The molecule has 1 aromatic rings. The minimum absolute atomic E-state index is 0.0310. The third-order valence-corrected chi connectivity index (χ3v) is 3.36. The van der Waals surface area contributed by atoms with Crippen LogP contribution < -0.4 is 15.4 Å². The van der Waals surface area contributed by atoms with E-state index in [1.807, 2.05) is 6.07 Å². The summed E-state index contributed by atoms with van der Waals surface area (Å²) in [7, 11) is 1.66. The molecule has 1 saturated carbocycles. The molecule has 0 heterocycles. The zero-order valence-electron chi connectivity index (χ0n) is 12.2. The molecule has 21 heavy (non-hydrogen) atoms. The molecule has 0 atom stereocenters. The van der Waals surface area contributed by atoms with Gasteiger partial charge in [-0.05, 0) is 31.0 Å². The summed E-state index contributed by atoms with van der Waals surface area (Å²) in [5, 5.41) is 6.78. The molecule has 0 aliphatic heterocycles. The highest BCUT2D eigenvalue weighted by atomic mass is 35.5. The third kappa shape index (κ3) is 5.91. The standard InChI is InChI=1S/C15H21ClN2O3/c1-20-7-6-17-9-11-8-12(16)2-5-14(11)21-10-15(19)18-13-3-4-13/h2,5,8,13,17H,3-4,6-7,9-10H2,1H3,(H,18,19). The highest BCUT2D eigenvalue weighted by Crippen LogP contribution is 2.23. The van der Waals surface area contributed by atoms with Crippen LogP contribution in [0, 0.1) is 0 Å². The van der Waals surface area contributed by atoms with Crippen molar-refractivity contribution in [1.82, 2.24) is 10.6 Å². The van der Waals surface area contributed by atoms with Crippen LogP contribution in [0.2, 0.25) is 5.02 Å². The lowest BCUT2D eigenvalue weighted by Crippen LogP contribution is -2.30. The van der Waals surface area contributed by atoms with E-state index >= 15 is 0 Å². The summed E-state index contributed by atoms with van der Waals surface area (Å²) in [6.45, 7) is 2.03. The predicted octanol–water partition coefficient (Wildman–Crippen LogP) is 1.73. The number of hydrogen-bond acceptors (Lipinski definition) is 4. The molecule has 0 radical (unpaired) electrons. The fraction of sp³-hybridized carbons (Fsp3) is 0.533. The van der Waals surface area contributed by atoms with Crippen molar-refractivity contribution in [2.45, 2.75) is 25.4 Å². The first-order chi connectivity index (χ1) is 10.2. The second-order valence-electron chi connectivity index (χ2n) is 5.05. The Hall–Kier alpha value is -1.30. The molecule has 5 nitrogen and oxygen atoms in total. The van der Waals surface area contributed by atoms with Crippen LogP contribution in [0.4, 0.5) is 0 Å². The first kappa shape index (κ1) is 16.1. The Morgan fingerprint density at radius 2 is 2.24 bits per heavy atom. The van der Waals surface area contributed by atoms with Gasteiger partial charge in [-0.3, -0.25) is 4.79 Å². The van der Waals surface area contributed by atoms with Crippen LogP contribution in [-0.2, 0) is 16.1 Å². The van der Waals surface area contributed by atoms with Crippen molar-refractivity contribution in [2.75, 3.05) is 26.9 Å². The molecular weight excluding hydrogens is 292 g/mol. The number of carbonyl (C=O) groups is 1. The molecule has 1 aliphatic carbocycles. The summed E-state index contributed by atoms with van der Waals surface area (Å²) in [5.74, 6) is 0.598. The van der Waals surface area contributed by atoms with Gasteiger partial charge >= 0.3 is 0 Å². The summed E-state index contributed by atoms with van der Waals surface area (Å²) in [6.07, 6.45) is 2.14. The maximum atomic E-state index is 11.6. The molecule has 1 aromatic carbocycles. The molecule has 6 heteroatoms. The van der Waals surface area contributed by atoms with Gasteiger partial charge in [0.1, 0.15) is 5.75 Å². The van der Waals surface area contributed by atoms with Gasteiger partial charge < -0.3 is 20.1 Å². The normalized spacial score (nSPS) is 14.0. The van der Waals surface area contributed by atoms with Crippen molar-refractivity contribution < 1.29 is 14.3 Å². The number of nitrogens with one attached hydrogen (secondary N) is 2. The van der Waals surface area contributed by atoms with Gasteiger partial charge in [-0.25, -0.2) is 0 Å². The molecule has 2 rings (SSSR count). The van der Waals surface area contributed by atoms with Gasteiger partial charge in [-0.15, -0.1) is 0 Å². The number of methoxy groups -OCH3 is 1. The van der Waals surface area contributed by atoms with E-state index in [4.69, 9.17) is 21.1 Å². The summed E-state index contributed by atoms with van der Waals surface area (Å²) < 4.78 is 10.6. The smallest absolute Gasteiger partial charge is 0.258 e. The van der Waals surface area contributed by atoms with Crippen molar-refractivity contribution in [3.8, 4) is 5.75 Å². The highest BCUT2D eigenvalue weighted by Gasteiger charge is 2.23. The predicted molar refractivity (Wildman–Crippen MR) is 81.7 cm³/mol. The lowest BCUT2D eigenvalue weighted by Gasteiger charge is -2.12. The minimum atomic E-state index is -0.0780. The Bertz CT molecular complexity index is 478. The average Bonchev–Trinajstić information content (AvgIpc) is 3.26. The van der Waals surface area contributed by atoms with Gasteiger partial charge in [0.05, 0.1) is 6.61 Å². The van der Waals surface area contributed by atoms with E-state index in [0.29, 0.717) is 30.0 Å². The van der Waals surface area contributed by atoms with E-state index in [9.17, 15) is 4.79 Å².